The number of nitrogens with zero attached hydrogens (tertiary/aromatic N) is 4. The maximum absolute atomic E-state index is 12.1. The highest BCUT2D eigenvalue weighted by Crippen LogP contribution is 2.30. The molecule has 1 atom stereocenters. The summed E-state index contributed by atoms with van der Waals surface area (Å²) in [4.78, 5) is 25.8. The molecule has 2 N–H and O–H groups in total. The van der Waals surface area contributed by atoms with E-state index in [-0.39, 0.29) is 5.91 Å². The molecule has 0 spiro atoms. The fourth-order valence-electron chi connectivity index (χ4n) is 3.95. The van der Waals surface area contributed by atoms with Crippen LogP contribution in [0.15, 0.2) is 24.4 Å². The molecule has 2 aliphatic rings. The highest BCUT2D eigenvalue weighted by Gasteiger charge is 2.27. The first-order chi connectivity index (χ1) is 13.5. The number of nitrogens with two attached hydrogens (primary N) is 1. The fraction of sp³-hybridized carbons (Fsp3) is 0.476. The Morgan fingerprint density at radius 2 is 2.18 bits per heavy atom. The summed E-state index contributed by atoms with van der Waals surface area (Å²) in [5.41, 5.74) is 8.81. The van der Waals surface area contributed by atoms with Crippen molar-refractivity contribution in [3.8, 4) is 11.4 Å². The van der Waals surface area contributed by atoms with E-state index < -0.39 is 0 Å². The second-order valence-electron chi connectivity index (χ2n) is 7.76. The maximum Gasteiger partial charge on any atom is 0.222 e. The number of aryl methyl sites for hydroxylation is 1. The molecule has 1 amide bonds. The lowest BCUT2D eigenvalue weighted by molar-refractivity contribution is -0.128. The average Bonchev–Trinajstić information content (AvgIpc) is 3.34. The highest BCUT2D eigenvalue weighted by molar-refractivity contribution is 6.31. The molecule has 3 heterocycles. The molecule has 0 radical (unpaired) electrons. The molecule has 1 unspecified atom stereocenters. The zero-order chi connectivity index (χ0) is 19.7. The smallest absolute Gasteiger partial charge is 0.222 e. The van der Waals surface area contributed by atoms with E-state index in [1.54, 1.807) is 0 Å². The third kappa shape index (κ3) is 3.84. The third-order valence-corrected chi connectivity index (χ3v) is 6.13. The Morgan fingerprint density at radius 1 is 1.32 bits per heavy atom. The SMILES string of the molecule is Cc1ccc(-c2ncc(CN3CCCC3=O)c(N3CCC(CN)C3)n2)cc1Cl. The van der Waals surface area contributed by atoms with Crippen molar-refractivity contribution in [2.75, 3.05) is 31.1 Å². The van der Waals surface area contributed by atoms with E-state index in [2.05, 4.69) is 9.88 Å². The number of anilines is 1. The molecule has 28 heavy (non-hydrogen) atoms. The van der Waals surface area contributed by atoms with E-state index in [1.165, 1.54) is 0 Å². The first-order valence-corrected chi connectivity index (χ1v) is 10.3. The molecule has 6 nitrogen and oxygen atoms in total. The number of likely N-dealkylation sites (tertiary alicyclic amines) is 1. The van der Waals surface area contributed by atoms with E-state index in [1.807, 2.05) is 36.2 Å². The molecule has 0 saturated carbocycles. The number of carbonyl (C=O) groups is 1. The van der Waals surface area contributed by atoms with Crippen molar-refractivity contribution in [2.24, 2.45) is 11.7 Å². The standard InChI is InChI=1S/C21H26ClN5O/c1-14-4-5-16(9-18(14)22)20-24-11-17(13-26-7-2-3-19(26)28)21(25-20)27-8-6-15(10-23)12-27/h4-5,9,11,15H,2-3,6-8,10,12-13,23H2,1H3. The zero-order valence-corrected chi connectivity index (χ0v) is 17.0. The van der Waals surface area contributed by atoms with Gasteiger partial charge in [-0.05, 0) is 43.9 Å². The van der Waals surface area contributed by atoms with Gasteiger partial charge in [0.25, 0.3) is 0 Å². The van der Waals surface area contributed by atoms with Gasteiger partial charge < -0.3 is 15.5 Å². The van der Waals surface area contributed by atoms with Crippen LogP contribution in [0.2, 0.25) is 5.02 Å². The number of benzene rings is 1. The molecule has 1 aromatic heterocycles. The van der Waals surface area contributed by atoms with Crippen LogP contribution in [0.1, 0.15) is 30.4 Å². The summed E-state index contributed by atoms with van der Waals surface area (Å²) in [5, 5.41) is 0.707. The minimum absolute atomic E-state index is 0.210. The Balaban J connectivity index is 1.69. The summed E-state index contributed by atoms with van der Waals surface area (Å²) in [6, 6.07) is 5.89. The first kappa shape index (κ1) is 19.2. The van der Waals surface area contributed by atoms with Gasteiger partial charge >= 0.3 is 0 Å². The van der Waals surface area contributed by atoms with Gasteiger partial charge in [-0.3, -0.25) is 4.79 Å². The van der Waals surface area contributed by atoms with Crippen LogP contribution in [0.25, 0.3) is 11.4 Å². The molecule has 2 aromatic rings. The van der Waals surface area contributed by atoms with Crippen LogP contribution in [-0.2, 0) is 11.3 Å². The molecule has 7 heteroatoms. The molecule has 2 saturated heterocycles. The van der Waals surface area contributed by atoms with Crippen molar-refractivity contribution in [2.45, 2.75) is 32.7 Å². The van der Waals surface area contributed by atoms with Gasteiger partial charge in [0.1, 0.15) is 5.82 Å². The van der Waals surface area contributed by atoms with E-state index in [0.29, 0.717) is 36.3 Å². The van der Waals surface area contributed by atoms with E-state index in [9.17, 15) is 4.79 Å². The van der Waals surface area contributed by atoms with Gasteiger partial charge in [0.15, 0.2) is 5.82 Å². The van der Waals surface area contributed by atoms with E-state index in [4.69, 9.17) is 22.3 Å². The number of amides is 1. The Kier molecular flexibility index (Phi) is 5.51. The summed E-state index contributed by atoms with van der Waals surface area (Å²) in [5.74, 6) is 2.26. The van der Waals surface area contributed by atoms with Crippen molar-refractivity contribution in [3.05, 3.63) is 40.5 Å². The van der Waals surface area contributed by atoms with Crippen molar-refractivity contribution < 1.29 is 4.79 Å². The van der Waals surface area contributed by atoms with Gasteiger partial charge in [0.05, 0.1) is 6.54 Å². The summed E-state index contributed by atoms with van der Waals surface area (Å²) in [7, 11) is 0. The van der Waals surface area contributed by atoms with Crippen LogP contribution >= 0.6 is 11.6 Å². The molecule has 1 aromatic carbocycles. The highest BCUT2D eigenvalue weighted by atomic mass is 35.5. The maximum atomic E-state index is 12.1. The largest absolute Gasteiger partial charge is 0.356 e. The predicted octanol–water partition coefficient (Wildman–Crippen LogP) is 3.01. The third-order valence-electron chi connectivity index (χ3n) is 5.72. The summed E-state index contributed by atoms with van der Waals surface area (Å²) in [6.07, 6.45) is 4.49. The van der Waals surface area contributed by atoms with Crippen molar-refractivity contribution in [3.63, 3.8) is 0 Å². The van der Waals surface area contributed by atoms with E-state index in [0.717, 1.165) is 55.0 Å². The van der Waals surface area contributed by atoms with Gasteiger partial charge in [-0.1, -0.05) is 23.7 Å². The zero-order valence-electron chi connectivity index (χ0n) is 16.2. The number of hydrogen-bond acceptors (Lipinski definition) is 5. The van der Waals surface area contributed by atoms with Gasteiger partial charge in [0, 0.05) is 48.4 Å². The lowest BCUT2D eigenvalue weighted by atomic mass is 10.1. The number of carbonyl (C=O) groups excluding carboxylic acids is 1. The van der Waals surface area contributed by atoms with Gasteiger partial charge in [0.2, 0.25) is 5.91 Å². The molecule has 2 fully saturated rings. The minimum atomic E-state index is 0.210. The average molecular weight is 400 g/mol. The number of aromatic nitrogens is 2. The molecule has 0 aliphatic carbocycles. The van der Waals surface area contributed by atoms with Crippen molar-refractivity contribution in [1.29, 1.82) is 0 Å². The molecule has 0 bridgehead atoms. The van der Waals surface area contributed by atoms with Crippen LogP contribution in [-0.4, -0.2) is 47.0 Å². The van der Waals surface area contributed by atoms with Crippen LogP contribution in [0.4, 0.5) is 5.82 Å². The second kappa shape index (κ2) is 8.05. The Labute approximate surface area is 170 Å². The Morgan fingerprint density at radius 3 is 2.86 bits per heavy atom. The van der Waals surface area contributed by atoms with Crippen LogP contribution in [0.5, 0.6) is 0 Å². The van der Waals surface area contributed by atoms with Crippen LogP contribution in [0.3, 0.4) is 0 Å². The van der Waals surface area contributed by atoms with Gasteiger partial charge in [-0.15, -0.1) is 0 Å². The number of rotatable bonds is 5. The lowest BCUT2D eigenvalue weighted by Gasteiger charge is -2.24. The summed E-state index contributed by atoms with van der Waals surface area (Å²) < 4.78 is 0. The molecule has 2 aliphatic heterocycles. The topological polar surface area (TPSA) is 75.4 Å². The summed E-state index contributed by atoms with van der Waals surface area (Å²) in [6.45, 7) is 5.84. The molecule has 148 valence electrons. The van der Waals surface area contributed by atoms with Gasteiger partial charge in [-0.2, -0.15) is 0 Å². The number of hydrogen-bond donors (Lipinski definition) is 1. The van der Waals surface area contributed by atoms with Crippen molar-refractivity contribution >= 4 is 23.3 Å². The van der Waals surface area contributed by atoms with Crippen molar-refractivity contribution in [1.82, 2.24) is 14.9 Å². The normalized spacial score (nSPS) is 19.7. The minimum Gasteiger partial charge on any atom is -0.356 e. The molecule has 4 rings (SSSR count). The Bertz CT molecular complexity index is 887. The lowest BCUT2D eigenvalue weighted by Crippen LogP contribution is -2.28. The fourth-order valence-corrected chi connectivity index (χ4v) is 4.13. The number of halogens is 1. The van der Waals surface area contributed by atoms with Crippen LogP contribution < -0.4 is 10.6 Å². The Hall–Kier alpha value is -2.18. The van der Waals surface area contributed by atoms with Gasteiger partial charge in [-0.25, -0.2) is 9.97 Å². The summed E-state index contributed by atoms with van der Waals surface area (Å²) >= 11 is 6.31. The van der Waals surface area contributed by atoms with E-state index >= 15 is 0 Å². The van der Waals surface area contributed by atoms with Crippen LogP contribution in [0, 0.1) is 12.8 Å². The monoisotopic (exact) mass is 399 g/mol. The predicted molar refractivity (Wildman–Crippen MR) is 111 cm³/mol. The molecular formula is C21H26ClN5O. The molecular weight excluding hydrogens is 374 g/mol. The quantitative estimate of drug-likeness (QED) is 0.836. The second-order valence-corrected chi connectivity index (χ2v) is 8.17. The first-order valence-electron chi connectivity index (χ1n) is 9.90.